The van der Waals surface area contributed by atoms with Gasteiger partial charge in [0.05, 0.1) is 11.1 Å². The van der Waals surface area contributed by atoms with Crippen molar-refractivity contribution < 1.29 is 17.6 Å². The molecule has 0 spiro atoms. The van der Waals surface area contributed by atoms with Crippen LogP contribution in [0, 0.1) is 0 Å². The zero-order valence-corrected chi connectivity index (χ0v) is 14.2. The molecule has 2 aromatic rings. The van der Waals surface area contributed by atoms with Gasteiger partial charge in [-0.25, -0.2) is 8.42 Å². The van der Waals surface area contributed by atoms with Gasteiger partial charge in [0.25, 0.3) is 15.9 Å². The molecule has 6 nitrogen and oxygen atoms in total. The lowest BCUT2D eigenvalue weighted by atomic mass is 10.3. The number of hydrogen-bond donors (Lipinski definition) is 1. The number of nitrogens with zero attached hydrogens (tertiary/aromatic N) is 1. The zero-order chi connectivity index (χ0) is 16.3. The molecule has 1 fully saturated rings. The lowest BCUT2D eigenvalue weighted by Crippen LogP contribution is -2.27. The first kappa shape index (κ1) is 16.2. The van der Waals surface area contributed by atoms with Crippen LogP contribution in [0.2, 0.25) is 0 Å². The van der Waals surface area contributed by atoms with Gasteiger partial charge in [-0.05, 0) is 37.1 Å². The highest BCUT2D eigenvalue weighted by Crippen LogP contribution is 2.27. The maximum atomic E-state index is 12.4. The van der Waals surface area contributed by atoms with Gasteiger partial charge in [0.1, 0.15) is 9.97 Å². The Morgan fingerprint density at radius 1 is 1.26 bits per heavy atom. The van der Waals surface area contributed by atoms with E-state index in [4.69, 9.17) is 4.42 Å². The summed E-state index contributed by atoms with van der Waals surface area (Å²) in [5, 5.41) is 2.77. The summed E-state index contributed by atoms with van der Waals surface area (Å²) in [5.41, 5.74) is 0. The molecule has 0 aromatic carbocycles. The van der Waals surface area contributed by atoms with Crippen molar-refractivity contribution in [3.8, 4) is 0 Å². The van der Waals surface area contributed by atoms with Crippen LogP contribution in [0.1, 0.15) is 28.3 Å². The highest BCUT2D eigenvalue weighted by molar-refractivity contribution is 7.91. The molecule has 1 saturated heterocycles. The van der Waals surface area contributed by atoms with E-state index in [-0.39, 0.29) is 10.1 Å². The molecule has 0 atom stereocenters. The first-order valence-corrected chi connectivity index (χ1v) is 9.73. The van der Waals surface area contributed by atoms with Crippen molar-refractivity contribution in [3.05, 3.63) is 41.2 Å². The molecule has 1 aliphatic rings. The van der Waals surface area contributed by atoms with E-state index >= 15 is 0 Å². The Hall–Kier alpha value is -1.64. The molecule has 3 heterocycles. The van der Waals surface area contributed by atoms with Gasteiger partial charge in [-0.3, -0.25) is 4.79 Å². The topological polar surface area (TPSA) is 79.6 Å². The number of carbonyl (C=O) groups is 1. The van der Waals surface area contributed by atoms with Crippen LogP contribution in [-0.4, -0.2) is 38.3 Å². The standard InChI is InChI=1S/C15H18N2O4S2/c18-15(16-8-7-12-4-3-11-21-12)13-5-6-14(22-13)23(19,20)17-9-1-2-10-17/h3-6,11H,1-2,7-10H2,(H,16,18). The fraction of sp³-hybridized carbons (Fsp3) is 0.400. The highest BCUT2D eigenvalue weighted by atomic mass is 32.2. The fourth-order valence-electron chi connectivity index (χ4n) is 2.48. The second-order valence-corrected chi connectivity index (χ2v) is 8.56. The number of thiophene rings is 1. The van der Waals surface area contributed by atoms with Crippen LogP contribution in [0.3, 0.4) is 0 Å². The molecule has 8 heteroatoms. The Labute approximate surface area is 139 Å². The molecule has 23 heavy (non-hydrogen) atoms. The molecule has 1 amide bonds. The normalized spacial score (nSPS) is 15.8. The van der Waals surface area contributed by atoms with E-state index in [9.17, 15) is 13.2 Å². The molecule has 0 bridgehead atoms. The van der Waals surface area contributed by atoms with Crippen LogP contribution in [0.25, 0.3) is 0 Å². The minimum atomic E-state index is -3.45. The summed E-state index contributed by atoms with van der Waals surface area (Å²) in [7, 11) is -3.45. The lowest BCUT2D eigenvalue weighted by molar-refractivity contribution is 0.0957. The van der Waals surface area contributed by atoms with Gasteiger partial charge in [0.2, 0.25) is 0 Å². The molecular formula is C15H18N2O4S2. The maximum absolute atomic E-state index is 12.4. The maximum Gasteiger partial charge on any atom is 0.261 e. The van der Waals surface area contributed by atoms with Gasteiger partial charge >= 0.3 is 0 Å². The van der Waals surface area contributed by atoms with Crippen LogP contribution < -0.4 is 5.32 Å². The molecule has 3 rings (SSSR count). The first-order chi connectivity index (χ1) is 11.1. The fourth-order valence-corrected chi connectivity index (χ4v) is 5.37. The molecular weight excluding hydrogens is 336 g/mol. The Morgan fingerprint density at radius 3 is 2.74 bits per heavy atom. The van der Waals surface area contributed by atoms with E-state index in [2.05, 4.69) is 5.32 Å². The Kier molecular flexibility index (Phi) is 4.84. The Bertz CT molecular complexity index is 759. The van der Waals surface area contributed by atoms with E-state index in [0.717, 1.165) is 29.9 Å². The lowest BCUT2D eigenvalue weighted by Gasteiger charge is -2.13. The van der Waals surface area contributed by atoms with Crippen molar-refractivity contribution >= 4 is 27.3 Å². The quantitative estimate of drug-likeness (QED) is 0.861. The second kappa shape index (κ2) is 6.86. The molecule has 0 saturated carbocycles. The summed E-state index contributed by atoms with van der Waals surface area (Å²) in [6, 6.07) is 6.72. The summed E-state index contributed by atoms with van der Waals surface area (Å²) in [6.07, 6.45) is 3.98. The minimum absolute atomic E-state index is 0.232. The third kappa shape index (κ3) is 3.65. The van der Waals surface area contributed by atoms with Crippen LogP contribution in [0.5, 0.6) is 0 Å². The van der Waals surface area contributed by atoms with Gasteiger partial charge in [-0.1, -0.05) is 0 Å². The van der Waals surface area contributed by atoms with Crippen molar-refractivity contribution in [3.63, 3.8) is 0 Å². The number of nitrogens with one attached hydrogen (secondary N) is 1. The van der Waals surface area contributed by atoms with Gasteiger partial charge < -0.3 is 9.73 Å². The van der Waals surface area contributed by atoms with E-state index in [0.29, 0.717) is 30.9 Å². The summed E-state index contributed by atoms with van der Waals surface area (Å²) in [6.45, 7) is 1.56. The van der Waals surface area contributed by atoms with Crippen LogP contribution >= 0.6 is 11.3 Å². The summed E-state index contributed by atoms with van der Waals surface area (Å²) in [5.74, 6) is 0.540. The molecule has 0 unspecified atom stereocenters. The molecule has 1 aliphatic heterocycles. The minimum Gasteiger partial charge on any atom is -0.469 e. The molecule has 1 N–H and O–H groups in total. The van der Waals surface area contributed by atoms with E-state index < -0.39 is 10.0 Å². The molecule has 2 aromatic heterocycles. The number of amides is 1. The van der Waals surface area contributed by atoms with Crippen molar-refractivity contribution in [2.75, 3.05) is 19.6 Å². The largest absolute Gasteiger partial charge is 0.469 e. The SMILES string of the molecule is O=C(NCCc1ccco1)c1ccc(S(=O)(=O)N2CCCC2)s1. The third-order valence-electron chi connectivity index (χ3n) is 3.70. The monoisotopic (exact) mass is 354 g/mol. The van der Waals surface area contributed by atoms with E-state index in [1.807, 2.05) is 6.07 Å². The van der Waals surface area contributed by atoms with Crippen LogP contribution in [0.15, 0.2) is 39.2 Å². The average molecular weight is 354 g/mol. The predicted molar refractivity (Wildman–Crippen MR) is 87.1 cm³/mol. The van der Waals surface area contributed by atoms with Gasteiger partial charge in [0, 0.05) is 26.1 Å². The number of rotatable bonds is 6. The van der Waals surface area contributed by atoms with Crippen LogP contribution in [0.4, 0.5) is 0 Å². The van der Waals surface area contributed by atoms with E-state index in [1.165, 1.54) is 10.4 Å². The van der Waals surface area contributed by atoms with E-state index in [1.54, 1.807) is 18.4 Å². The van der Waals surface area contributed by atoms with Gasteiger partial charge in [-0.15, -0.1) is 11.3 Å². The number of sulfonamides is 1. The summed E-state index contributed by atoms with van der Waals surface area (Å²) in [4.78, 5) is 12.5. The predicted octanol–water partition coefficient (Wildman–Crippen LogP) is 2.10. The molecule has 0 radical (unpaired) electrons. The smallest absolute Gasteiger partial charge is 0.261 e. The van der Waals surface area contributed by atoms with Crippen molar-refractivity contribution in [1.82, 2.24) is 9.62 Å². The zero-order valence-electron chi connectivity index (χ0n) is 12.5. The van der Waals surface area contributed by atoms with Gasteiger partial charge in [0.15, 0.2) is 0 Å². The highest BCUT2D eigenvalue weighted by Gasteiger charge is 2.29. The summed E-state index contributed by atoms with van der Waals surface area (Å²) < 4.78 is 31.8. The Balaban J connectivity index is 1.60. The third-order valence-corrected chi connectivity index (χ3v) is 7.15. The van der Waals surface area contributed by atoms with Crippen molar-refractivity contribution in [2.45, 2.75) is 23.5 Å². The van der Waals surface area contributed by atoms with Gasteiger partial charge in [-0.2, -0.15) is 4.31 Å². The number of hydrogen-bond acceptors (Lipinski definition) is 5. The number of furan rings is 1. The Morgan fingerprint density at radius 2 is 2.04 bits per heavy atom. The number of carbonyl (C=O) groups excluding carboxylic acids is 1. The summed E-state index contributed by atoms with van der Waals surface area (Å²) >= 11 is 1.02. The second-order valence-electron chi connectivity index (χ2n) is 5.32. The molecule has 124 valence electrons. The van der Waals surface area contributed by atoms with Crippen molar-refractivity contribution in [1.29, 1.82) is 0 Å². The average Bonchev–Trinajstić information content (AvgIpc) is 3.27. The van der Waals surface area contributed by atoms with Crippen molar-refractivity contribution in [2.24, 2.45) is 0 Å². The molecule has 0 aliphatic carbocycles. The first-order valence-electron chi connectivity index (χ1n) is 7.48. The van der Waals surface area contributed by atoms with Crippen LogP contribution in [-0.2, 0) is 16.4 Å².